The molecule has 1 aliphatic heterocycles. The predicted octanol–water partition coefficient (Wildman–Crippen LogP) is 6.39. The van der Waals surface area contributed by atoms with E-state index >= 15 is 0 Å². The van der Waals surface area contributed by atoms with Crippen molar-refractivity contribution < 1.29 is 14.4 Å². The summed E-state index contributed by atoms with van der Waals surface area (Å²) in [6.07, 6.45) is 4.79. The minimum atomic E-state index is -0.528. The summed E-state index contributed by atoms with van der Waals surface area (Å²) in [5.74, 6) is 2.58. The Kier molecular flexibility index (Phi) is 7.36. The van der Waals surface area contributed by atoms with Gasteiger partial charge in [0, 0.05) is 30.1 Å². The topological polar surface area (TPSA) is 97.4 Å². The van der Waals surface area contributed by atoms with Gasteiger partial charge in [0.1, 0.15) is 23.9 Å². The zero-order chi connectivity index (χ0) is 27.0. The first-order valence-electron chi connectivity index (χ1n) is 12.9. The molecule has 1 aliphatic rings. The van der Waals surface area contributed by atoms with Crippen LogP contribution in [0.1, 0.15) is 60.9 Å². The molecule has 3 aromatic heterocycles. The van der Waals surface area contributed by atoms with Crippen LogP contribution in [-0.4, -0.2) is 37.9 Å². The number of benzene rings is 1. The molecule has 0 amide bonds. The van der Waals surface area contributed by atoms with E-state index in [1.54, 1.807) is 12.1 Å². The monoisotopic (exact) mass is 533 g/mol. The lowest BCUT2D eigenvalue weighted by Crippen LogP contribution is -2.22. The third-order valence-corrected chi connectivity index (χ3v) is 7.44. The summed E-state index contributed by atoms with van der Waals surface area (Å²) in [5.41, 5.74) is 6.36. The van der Waals surface area contributed by atoms with Crippen LogP contribution in [0, 0.1) is 20.8 Å². The van der Waals surface area contributed by atoms with E-state index in [4.69, 9.17) is 30.8 Å². The molecule has 1 aromatic carbocycles. The summed E-state index contributed by atoms with van der Waals surface area (Å²) in [6.45, 7) is 10.9. The van der Waals surface area contributed by atoms with Crippen molar-refractivity contribution in [3.05, 3.63) is 69.8 Å². The van der Waals surface area contributed by atoms with Gasteiger partial charge in [0.15, 0.2) is 5.82 Å². The number of pyridine rings is 1. The number of nitrogens with zero attached hydrogens (tertiary/aromatic N) is 5. The number of ether oxygens (including phenoxy) is 1. The van der Waals surface area contributed by atoms with Gasteiger partial charge in [-0.1, -0.05) is 30.1 Å². The Bertz CT molecular complexity index is 1450. The lowest BCUT2D eigenvalue weighted by Gasteiger charge is -2.26. The first kappa shape index (κ1) is 26.1. The summed E-state index contributed by atoms with van der Waals surface area (Å²) in [5, 5.41) is 14.8. The Morgan fingerprint density at radius 1 is 1.21 bits per heavy atom. The number of aromatic nitrogens is 4. The van der Waals surface area contributed by atoms with Crippen LogP contribution in [0.3, 0.4) is 0 Å². The van der Waals surface area contributed by atoms with E-state index in [-0.39, 0.29) is 12.6 Å². The van der Waals surface area contributed by atoms with Crippen LogP contribution < -0.4 is 9.64 Å². The number of rotatable bonds is 8. The maximum atomic E-state index is 10.1. The molecule has 2 atom stereocenters. The van der Waals surface area contributed by atoms with E-state index in [9.17, 15) is 5.11 Å². The molecule has 0 bridgehead atoms. The summed E-state index contributed by atoms with van der Waals surface area (Å²) < 4.78 is 11.4. The van der Waals surface area contributed by atoms with Crippen LogP contribution in [0.4, 0.5) is 5.82 Å². The molecule has 0 radical (unpaired) electrons. The van der Waals surface area contributed by atoms with Gasteiger partial charge in [-0.3, -0.25) is 4.98 Å². The fourth-order valence-corrected chi connectivity index (χ4v) is 5.25. The fraction of sp³-hybridized carbons (Fsp3) is 0.379. The molecule has 38 heavy (non-hydrogen) atoms. The van der Waals surface area contributed by atoms with Crippen molar-refractivity contribution in [2.24, 2.45) is 0 Å². The third kappa shape index (κ3) is 4.86. The van der Waals surface area contributed by atoms with Gasteiger partial charge in [-0.25, -0.2) is 9.97 Å². The summed E-state index contributed by atoms with van der Waals surface area (Å²) >= 11 is 6.70. The van der Waals surface area contributed by atoms with Gasteiger partial charge in [0.05, 0.1) is 34.1 Å². The first-order valence-corrected chi connectivity index (χ1v) is 13.3. The zero-order valence-corrected chi connectivity index (χ0v) is 23.1. The second-order valence-corrected chi connectivity index (χ2v) is 10.2. The summed E-state index contributed by atoms with van der Waals surface area (Å²) in [4.78, 5) is 16.7. The summed E-state index contributed by atoms with van der Waals surface area (Å²) in [6, 6.07) is 7.54. The van der Waals surface area contributed by atoms with Crippen molar-refractivity contribution in [2.45, 2.75) is 66.2 Å². The normalized spacial score (nSPS) is 15.6. The lowest BCUT2D eigenvalue weighted by molar-refractivity contribution is 0.0994. The minimum Gasteiger partial charge on any atom is -0.491 e. The number of aliphatic hydroxyl groups is 1. The number of halogens is 1. The number of hydrogen-bond donors (Lipinski definition) is 1. The molecule has 8 nitrogen and oxygen atoms in total. The van der Waals surface area contributed by atoms with E-state index < -0.39 is 6.10 Å². The Morgan fingerprint density at radius 3 is 2.74 bits per heavy atom. The molecule has 1 N–H and O–H groups in total. The Hall–Kier alpha value is -3.49. The quantitative estimate of drug-likeness (QED) is 0.278. The van der Waals surface area contributed by atoms with Gasteiger partial charge < -0.3 is 19.3 Å². The first-order chi connectivity index (χ1) is 18.3. The Morgan fingerprint density at radius 2 is 2.03 bits per heavy atom. The highest BCUT2D eigenvalue weighted by Crippen LogP contribution is 2.42. The predicted molar refractivity (Wildman–Crippen MR) is 147 cm³/mol. The van der Waals surface area contributed by atoms with Gasteiger partial charge >= 0.3 is 0 Å². The van der Waals surface area contributed by atoms with Gasteiger partial charge in [0.25, 0.3) is 0 Å². The molecular weight excluding hydrogens is 502 g/mol. The van der Waals surface area contributed by atoms with E-state index in [0.29, 0.717) is 40.9 Å². The molecule has 198 valence electrons. The van der Waals surface area contributed by atoms with Gasteiger partial charge in [-0.2, -0.15) is 0 Å². The number of anilines is 1. The number of fused-ring (bicyclic) bond motifs is 1. The number of hydrogen-bond acceptors (Lipinski definition) is 8. The molecule has 0 saturated heterocycles. The molecule has 4 aromatic rings. The molecule has 5 rings (SSSR count). The Balaban J connectivity index is 1.63. The molecule has 9 heteroatoms. The number of aryl methyl sites for hydroxylation is 2. The van der Waals surface area contributed by atoms with Crippen LogP contribution in [-0.2, 0) is 6.54 Å². The van der Waals surface area contributed by atoms with Crippen LogP contribution in [0.2, 0.25) is 5.02 Å². The van der Waals surface area contributed by atoms with Crippen molar-refractivity contribution in [3.8, 4) is 28.4 Å². The average molecular weight is 534 g/mol. The van der Waals surface area contributed by atoms with Crippen molar-refractivity contribution in [1.29, 1.82) is 0 Å². The molecule has 0 fully saturated rings. The minimum absolute atomic E-state index is 0.0860. The highest BCUT2D eigenvalue weighted by atomic mass is 35.5. The molecular formula is C29H32ClN5O3. The van der Waals surface area contributed by atoms with Crippen molar-refractivity contribution in [2.75, 3.05) is 11.5 Å². The lowest BCUT2D eigenvalue weighted by atomic mass is 10.0. The summed E-state index contributed by atoms with van der Waals surface area (Å²) in [7, 11) is 0. The fourth-order valence-electron chi connectivity index (χ4n) is 5.05. The maximum Gasteiger partial charge on any atom is 0.163 e. The van der Waals surface area contributed by atoms with E-state index in [1.165, 1.54) is 11.1 Å². The van der Waals surface area contributed by atoms with Crippen LogP contribution in [0.15, 0.2) is 41.2 Å². The zero-order valence-electron chi connectivity index (χ0n) is 22.3. The smallest absolute Gasteiger partial charge is 0.163 e. The molecule has 0 saturated carbocycles. The van der Waals surface area contributed by atoms with Gasteiger partial charge in [-0.05, 0) is 69.5 Å². The van der Waals surface area contributed by atoms with Crippen LogP contribution >= 0.6 is 11.6 Å². The average Bonchev–Trinajstić information content (AvgIpc) is 3.42. The second kappa shape index (κ2) is 10.7. The van der Waals surface area contributed by atoms with E-state index in [0.717, 1.165) is 34.8 Å². The van der Waals surface area contributed by atoms with Crippen LogP contribution in [0.5, 0.6) is 5.75 Å². The highest BCUT2D eigenvalue weighted by Gasteiger charge is 2.31. The molecule has 0 aliphatic carbocycles. The van der Waals surface area contributed by atoms with E-state index in [2.05, 4.69) is 28.0 Å². The van der Waals surface area contributed by atoms with Gasteiger partial charge in [0.2, 0.25) is 0 Å². The van der Waals surface area contributed by atoms with Crippen molar-refractivity contribution >= 4 is 17.4 Å². The molecule has 0 spiro atoms. The maximum absolute atomic E-state index is 10.1. The largest absolute Gasteiger partial charge is 0.491 e. The highest BCUT2D eigenvalue weighted by molar-refractivity contribution is 6.33. The van der Waals surface area contributed by atoms with Crippen molar-refractivity contribution in [3.63, 3.8) is 0 Å². The third-order valence-electron chi connectivity index (χ3n) is 7.11. The molecule has 1 unspecified atom stereocenters. The van der Waals surface area contributed by atoms with E-state index in [1.807, 2.05) is 46.2 Å². The van der Waals surface area contributed by atoms with Gasteiger partial charge in [-0.15, -0.1) is 0 Å². The SMILES string of the molecule is CCC[C@@H](O)COc1ccc(Cl)c(-c2nc(-c3c(C)noc3C)c(C)c(N3Cc4ccncc4C3C)n2)c1. The second-order valence-electron chi connectivity index (χ2n) is 9.82. The Labute approximate surface area is 227 Å². The molecule has 4 heterocycles. The number of aliphatic hydroxyl groups excluding tert-OH is 1. The van der Waals surface area contributed by atoms with Crippen molar-refractivity contribution in [1.82, 2.24) is 20.1 Å². The van der Waals surface area contributed by atoms with Crippen LogP contribution in [0.25, 0.3) is 22.6 Å². The standard InChI is InChI=1S/C29H32ClN5O3/c1-6-7-21(36)15-37-22-8-9-25(30)23(12-22)28-32-27(26-17(3)34-38-19(26)5)16(2)29(33-28)35-14-20-10-11-31-13-24(20)18(35)4/h8-13,18,21,36H,6-7,14-15H2,1-5H3/t18?,21-/m1/s1.